The Labute approximate surface area is 275 Å². The zero-order valence-corrected chi connectivity index (χ0v) is 28.7. The van der Waals surface area contributed by atoms with Gasteiger partial charge in [-0.2, -0.15) is 0 Å². The van der Waals surface area contributed by atoms with E-state index in [0.717, 1.165) is 44.9 Å². The van der Waals surface area contributed by atoms with Crippen LogP contribution >= 0.6 is 0 Å². The average Bonchev–Trinajstić information content (AvgIpc) is 3.03. The van der Waals surface area contributed by atoms with Gasteiger partial charge in [-0.3, -0.25) is 9.59 Å². The smallest absolute Gasteiger partial charge is 0.306 e. The molecule has 0 aromatic carbocycles. The van der Waals surface area contributed by atoms with Crippen LogP contribution in [0, 0.1) is 0 Å². The van der Waals surface area contributed by atoms with Crippen LogP contribution < -0.4 is 0 Å². The third-order valence-corrected chi connectivity index (χ3v) is 7.41. The Morgan fingerprint density at radius 2 is 1.22 bits per heavy atom. The Balaban J connectivity index is 3.77. The second-order valence-electron chi connectivity index (χ2n) is 11.8. The maximum Gasteiger partial charge on any atom is 0.306 e. The predicted molar refractivity (Wildman–Crippen MR) is 188 cm³/mol. The predicted octanol–water partition coefficient (Wildman–Crippen LogP) is 9.81. The van der Waals surface area contributed by atoms with E-state index in [2.05, 4.69) is 32.1 Å². The molecule has 2 atom stereocenters. The highest BCUT2D eigenvalue weighted by atomic mass is 16.6. The fourth-order valence-electron chi connectivity index (χ4n) is 4.67. The van der Waals surface area contributed by atoms with Gasteiger partial charge in [-0.25, -0.2) is 0 Å². The van der Waals surface area contributed by atoms with E-state index in [1.807, 2.05) is 36.5 Å². The zero-order chi connectivity index (χ0) is 33.1. The van der Waals surface area contributed by atoms with Crippen LogP contribution in [-0.4, -0.2) is 47.6 Å². The molecule has 0 saturated carbocycles. The Morgan fingerprint density at radius 1 is 0.644 bits per heavy atom. The van der Waals surface area contributed by atoms with Crippen molar-refractivity contribution in [1.82, 2.24) is 0 Å². The van der Waals surface area contributed by atoms with E-state index in [9.17, 15) is 19.8 Å². The van der Waals surface area contributed by atoms with E-state index in [-0.39, 0.29) is 31.6 Å². The molecule has 258 valence electrons. The van der Waals surface area contributed by atoms with Crippen molar-refractivity contribution in [3.63, 3.8) is 0 Å². The number of allylic oxidation sites excluding steroid dienone is 8. The van der Waals surface area contributed by atoms with Crippen LogP contribution in [0.4, 0.5) is 0 Å². The molecule has 0 aliphatic carbocycles. The number of carbonyl (C=O) groups is 2. The number of ether oxygens (including phenoxy) is 2. The molecule has 0 aromatic rings. The summed E-state index contributed by atoms with van der Waals surface area (Å²) in [5, 5.41) is 19.5. The number of aliphatic hydroxyl groups is 2. The van der Waals surface area contributed by atoms with Gasteiger partial charge < -0.3 is 19.7 Å². The number of unbranched alkanes of at least 4 members (excludes halogenated alkanes) is 13. The van der Waals surface area contributed by atoms with Crippen molar-refractivity contribution >= 4 is 11.9 Å². The topological polar surface area (TPSA) is 93.1 Å². The summed E-state index contributed by atoms with van der Waals surface area (Å²) >= 11 is 0. The van der Waals surface area contributed by atoms with Crippen LogP contribution in [0.1, 0.15) is 149 Å². The summed E-state index contributed by atoms with van der Waals surface area (Å²) in [4.78, 5) is 24.1. The van der Waals surface area contributed by atoms with Crippen molar-refractivity contribution < 1.29 is 29.3 Å². The average molecular weight is 631 g/mol. The molecule has 0 aliphatic rings. The van der Waals surface area contributed by atoms with Crippen molar-refractivity contribution in [3.8, 4) is 0 Å². The van der Waals surface area contributed by atoms with E-state index >= 15 is 0 Å². The second-order valence-corrected chi connectivity index (χ2v) is 11.8. The molecule has 45 heavy (non-hydrogen) atoms. The summed E-state index contributed by atoms with van der Waals surface area (Å²) in [5.41, 5.74) is 0. The van der Waals surface area contributed by atoms with E-state index in [0.29, 0.717) is 19.3 Å². The van der Waals surface area contributed by atoms with Crippen LogP contribution in [0.3, 0.4) is 0 Å². The van der Waals surface area contributed by atoms with Crippen LogP contribution in [0.15, 0.2) is 60.8 Å². The highest BCUT2D eigenvalue weighted by molar-refractivity contribution is 5.70. The molecule has 0 amide bonds. The molecule has 0 aromatic heterocycles. The van der Waals surface area contributed by atoms with Gasteiger partial charge in [0, 0.05) is 12.8 Å². The molecular weight excluding hydrogens is 564 g/mol. The van der Waals surface area contributed by atoms with E-state index in [4.69, 9.17) is 9.47 Å². The molecule has 0 heterocycles. The molecular formula is C39H66O6. The van der Waals surface area contributed by atoms with Gasteiger partial charge in [0.05, 0.1) is 12.7 Å². The minimum Gasteiger partial charge on any atom is -0.462 e. The molecule has 0 fully saturated rings. The number of rotatable bonds is 31. The normalized spacial score (nSPS) is 13.6. The zero-order valence-electron chi connectivity index (χ0n) is 28.7. The van der Waals surface area contributed by atoms with E-state index in [1.54, 1.807) is 6.08 Å². The highest BCUT2D eigenvalue weighted by Gasteiger charge is 2.16. The lowest BCUT2D eigenvalue weighted by Gasteiger charge is -2.15. The summed E-state index contributed by atoms with van der Waals surface area (Å²) in [7, 11) is 0. The van der Waals surface area contributed by atoms with E-state index < -0.39 is 12.2 Å². The Hall–Kier alpha value is -2.44. The van der Waals surface area contributed by atoms with Gasteiger partial charge in [-0.05, 0) is 44.9 Å². The fourth-order valence-corrected chi connectivity index (χ4v) is 4.67. The number of carbonyl (C=O) groups excluding carboxylic acids is 2. The summed E-state index contributed by atoms with van der Waals surface area (Å²) < 4.78 is 10.5. The summed E-state index contributed by atoms with van der Waals surface area (Å²) in [5.74, 6) is -0.701. The number of esters is 2. The maximum absolute atomic E-state index is 12.1. The lowest BCUT2D eigenvalue weighted by atomic mass is 10.0. The van der Waals surface area contributed by atoms with Crippen LogP contribution in [-0.2, 0) is 19.1 Å². The minimum absolute atomic E-state index is 0.116. The van der Waals surface area contributed by atoms with Crippen molar-refractivity contribution in [3.05, 3.63) is 60.8 Å². The van der Waals surface area contributed by atoms with Gasteiger partial charge in [0.15, 0.2) is 6.10 Å². The molecule has 0 saturated heterocycles. The fraction of sp³-hybridized carbons (Fsp3) is 0.692. The molecule has 2 N–H and O–H groups in total. The van der Waals surface area contributed by atoms with Gasteiger partial charge in [-0.15, -0.1) is 0 Å². The standard InChI is InChI=1S/C39H66O6/c1-3-5-7-9-11-12-13-14-15-16-21-25-29-33-39(43)45-37(34-40)35-44-38(42)32-28-24-20-18-17-19-23-27-31-36(41)30-26-22-10-8-6-4-2/h6,8,18-20,22-23,26-27,31,36-37,40-41H,3-5,7,9-17,21,24-25,28-30,32-35H2,1-2H3/b8-6-,20-18-,23-19-,26-22-,31-27+/t36?,37-/m0/s1. The van der Waals surface area contributed by atoms with E-state index in [1.165, 1.54) is 64.2 Å². The van der Waals surface area contributed by atoms with Crippen molar-refractivity contribution in [2.45, 2.75) is 161 Å². The molecule has 6 heteroatoms. The Morgan fingerprint density at radius 3 is 1.87 bits per heavy atom. The first kappa shape index (κ1) is 42.6. The summed E-state index contributed by atoms with van der Waals surface area (Å²) in [6.07, 6.45) is 40.2. The Bertz CT molecular complexity index is 825. The van der Waals surface area contributed by atoms with Crippen molar-refractivity contribution in [2.75, 3.05) is 13.2 Å². The lowest BCUT2D eigenvalue weighted by Crippen LogP contribution is -2.28. The van der Waals surface area contributed by atoms with Crippen molar-refractivity contribution in [1.29, 1.82) is 0 Å². The second kappa shape index (κ2) is 34.4. The first-order valence-electron chi connectivity index (χ1n) is 18.0. The largest absolute Gasteiger partial charge is 0.462 e. The number of hydrogen-bond donors (Lipinski definition) is 2. The third kappa shape index (κ3) is 32.8. The summed E-state index contributed by atoms with van der Waals surface area (Å²) in [6.45, 7) is 3.88. The molecule has 0 rings (SSSR count). The molecule has 0 spiro atoms. The maximum atomic E-state index is 12.1. The molecule has 0 radical (unpaired) electrons. The van der Waals surface area contributed by atoms with Gasteiger partial charge in [0.25, 0.3) is 0 Å². The lowest BCUT2D eigenvalue weighted by molar-refractivity contribution is -0.161. The number of hydrogen-bond acceptors (Lipinski definition) is 6. The van der Waals surface area contributed by atoms with Crippen LogP contribution in [0.25, 0.3) is 0 Å². The third-order valence-electron chi connectivity index (χ3n) is 7.41. The van der Waals surface area contributed by atoms with Gasteiger partial charge in [0.1, 0.15) is 6.61 Å². The molecule has 0 aliphatic heterocycles. The summed E-state index contributed by atoms with van der Waals surface area (Å²) in [6, 6.07) is 0. The first-order chi connectivity index (χ1) is 22.0. The first-order valence-corrected chi connectivity index (χ1v) is 18.0. The SMILES string of the molecule is CC/C=C\C/C=C\CC(O)/C=C/C=C\C/C=C\CCCC(=O)OC[C@H](CO)OC(=O)CCCCCCCCCCCCCCC. The molecule has 0 bridgehead atoms. The number of aliphatic hydroxyl groups excluding tert-OH is 2. The highest BCUT2D eigenvalue weighted by Crippen LogP contribution is 2.13. The van der Waals surface area contributed by atoms with Crippen LogP contribution in [0.2, 0.25) is 0 Å². The molecule has 6 nitrogen and oxygen atoms in total. The van der Waals surface area contributed by atoms with Gasteiger partial charge in [-0.1, -0.05) is 152 Å². The van der Waals surface area contributed by atoms with Crippen molar-refractivity contribution in [2.24, 2.45) is 0 Å². The van der Waals surface area contributed by atoms with Crippen LogP contribution in [0.5, 0.6) is 0 Å². The van der Waals surface area contributed by atoms with Gasteiger partial charge in [0.2, 0.25) is 0 Å². The van der Waals surface area contributed by atoms with Gasteiger partial charge >= 0.3 is 11.9 Å². The Kier molecular flexibility index (Phi) is 32.6. The quantitative estimate of drug-likeness (QED) is 0.0343. The minimum atomic E-state index is -0.810. The monoisotopic (exact) mass is 630 g/mol. The molecule has 1 unspecified atom stereocenters.